The van der Waals surface area contributed by atoms with Crippen molar-refractivity contribution < 1.29 is 10.4 Å². The van der Waals surface area contributed by atoms with Gasteiger partial charge in [-0.25, -0.2) is 0 Å². The number of fused-ring (bicyclic) bond motifs is 1. The van der Waals surface area contributed by atoms with Crippen LogP contribution < -0.4 is 0 Å². The topological polar surface area (TPSA) is 74.6 Å². The van der Waals surface area contributed by atoms with E-state index < -0.39 is 0 Å². The van der Waals surface area contributed by atoms with Crippen molar-refractivity contribution in [3.63, 3.8) is 0 Å². The maximum absolute atomic E-state index is 10.7. The van der Waals surface area contributed by atoms with Crippen LogP contribution in [-0.2, 0) is 12.8 Å². The van der Waals surface area contributed by atoms with Crippen molar-refractivity contribution in [3.8, 4) is 0 Å². The highest BCUT2D eigenvalue weighted by atomic mass is 16.6. The molecule has 0 fully saturated rings. The molecule has 0 heterocycles. The summed E-state index contributed by atoms with van der Waals surface area (Å²) in [4.78, 5) is 10.4. The molecule has 2 N–H and O–H groups in total. The van der Waals surface area contributed by atoms with E-state index in [2.05, 4.69) is 0 Å². The van der Waals surface area contributed by atoms with Crippen LogP contribution in [0.3, 0.4) is 0 Å². The summed E-state index contributed by atoms with van der Waals surface area (Å²) in [5.41, 5.74) is 2.43. The van der Waals surface area contributed by atoms with E-state index in [1.54, 1.807) is 12.1 Å². The van der Waals surface area contributed by atoms with E-state index in [4.69, 9.17) is 0 Å². The van der Waals surface area contributed by atoms with Crippen LogP contribution in [0.5, 0.6) is 0 Å². The summed E-state index contributed by atoms with van der Waals surface area (Å²) in [6, 6.07) is 5.38. The summed E-state index contributed by atoms with van der Waals surface area (Å²) >= 11 is 0. The van der Waals surface area contributed by atoms with Crippen molar-refractivity contribution in [1.29, 1.82) is 0 Å². The second-order valence-electron chi connectivity index (χ2n) is 3.38. The Balaban J connectivity index is 0.000000980. The van der Waals surface area contributed by atoms with E-state index in [9.17, 15) is 10.1 Å². The average molecular weight is 195 g/mol. The Bertz CT molecular complexity index is 349. The highest BCUT2D eigenvalue weighted by Gasteiger charge is 2.19. The number of nitro benzene ring substituents is 1. The summed E-state index contributed by atoms with van der Waals surface area (Å²) in [6.45, 7) is 0. The molecule has 1 aromatic rings. The zero-order valence-corrected chi connectivity index (χ0v) is 7.82. The van der Waals surface area contributed by atoms with Gasteiger partial charge in [0, 0.05) is 11.6 Å². The van der Waals surface area contributed by atoms with Crippen molar-refractivity contribution in [2.75, 3.05) is 0 Å². The van der Waals surface area contributed by atoms with Crippen LogP contribution >= 0.6 is 0 Å². The van der Waals surface area contributed by atoms with Crippen molar-refractivity contribution in [1.82, 2.24) is 0 Å². The number of rotatable bonds is 1. The van der Waals surface area contributed by atoms with Crippen LogP contribution in [0.4, 0.5) is 5.69 Å². The Morgan fingerprint density at radius 2 is 1.93 bits per heavy atom. The van der Waals surface area contributed by atoms with E-state index in [1.165, 1.54) is 5.56 Å². The van der Waals surface area contributed by atoms with Gasteiger partial charge >= 0.3 is 0 Å². The van der Waals surface area contributed by atoms with E-state index in [1.807, 2.05) is 6.07 Å². The standard InChI is InChI=1S/C10H11NO2.H2O/c12-11(13)10-7-3-5-8-4-1-2-6-9(8)10;/h3,5,7H,1-2,4,6H2;1H2. The molecule has 4 heteroatoms. The lowest BCUT2D eigenvalue weighted by atomic mass is 9.91. The molecule has 0 saturated heterocycles. The predicted molar refractivity (Wildman–Crippen MR) is 53.4 cm³/mol. The molecule has 0 saturated carbocycles. The summed E-state index contributed by atoms with van der Waals surface area (Å²) in [5.74, 6) is 0. The van der Waals surface area contributed by atoms with E-state index >= 15 is 0 Å². The number of hydrogen-bond acceptors (Lipinski definition) is 2. The Morgan fingerprint density at radius 3 is 2.64 bits per heavy atom. The maximum atomic E-state index is 10.7. The minimum absolute atomic E-state index is 0. The van der Waals surface area contributed by atoms with Gasteiger partial charge in [-0.1, -0.05) is 12.1 Å². The first-order chi connectivity index (χ1) is 6.29. The molecule has 0 unspecified atom stereocenters. The SMILES string of the molecule is O.O=[N+]([O-])c1cccc2c1CCCC2. The Morgan fingerprint density at radius 1 is 1.21 bits per heavy atom. The van der Waals surface area contributed by atoms with Crippen LogP contribution in [0.15, 0.2) is 18.2 Å². The van der Waals surface area contributed by atoms with Crippen LogP contribution in [0.2, 0.25) is 0 Å². The molecule has 0 bridgehead atoms. The Labute approximate surface area is 82.0 Å². The second-order valence-corrected chi connectivity index (χ2v) is 3.38. The van der Waals surface area contributed by atoms with Gasteiger partial charge in [-0.3, -0.25) is 10.1 Å². The van der Waals surface area contributed by atoms with Crippen LogP contribution in [0, 0.1) is 10.1 Å². The molecule has 0 amide bonds. The summed E-state index contributed by atoms with van der Waals surface area (Å²) < 4.78 is 0. The fourth-order valence-corrected chi connectivity index (χ4v) is 1.93. The van der Waals surface area contributed by atoms with Gasteiger partial charge in [0.1, 0.15) is 0 Å². The molecule has 14 heavy (non-hydrogen) atoms. The van der Waals surface area contributed by atoms with E-state index in [-0.39, 0.29) is 10.4 Å². The first kappa shape index (κ1) is 10.7. The molecule has 0 spiro atoms. The van der Waals surface area contributed by atoms with Gasteiger partial charge in [0.25, 0.3) is 5.69 Å². The van der Waals surface area contributed by atoms with Crippen LogP contribution in [0.1, 0.15) is 24.0 Å². The molecule has 1 aliphatic carbocycles. The monoisotopic (exact) mass is 195 g/mol. The zero-order valence-electron chi connectivity index (χ0n) is 7.82. The van der Waals surface area contributed by atoms with Gasteiger partial charge in [0.2, 0.25) is 0 Å². The van der Waals surface area contributed by atoms with Gasteiger partial charge < -0.3 is 5.48 Å². The third-order valence-electron chi connectivity index (χ3n) is 2.57. The van der Waals surface area contributed by atoms with Crippen molar-refractivity contribution >= 4 is 5.69 Å². The largest absolute Gasteiger partial charge is 0.412 e. The van der Waals surface area contributed by atoms with Crippen molar-refractivity contribution in [2.24, 2.45) is 0 Å². The minimum Gasteiger partial charge on any atom is -0.412 e. The van der Waals surface area contributed by atoms with Gasteiger partial charge in [-0.2, -0.15) is 0 Å². The molecular weight excluding hydrogens is 182 g/mol. The lowest BCUT2D eigenvalue weighted by molar-refractivity contribution is -0.385. The quantitative estimate of drug-likeness (QED) is 0.504. The summed E-state index contributed by atoms with van der Waals surface area (Å²) in [5, 5.41) is 10.7. The number of benzene rings is 1. The van der Waals surface area contributed by atoms with Crippen LogP contribution in [-0.4, -0.2) is 10.4 Å². The molecule has 0 aliphatic heterocycles. The molecule has 1 aromatic carbocycles. The highest BCUT2D eigenvalue weighted by molar-refractivity contribution is 5.46. The number of aryl methyl sites for hydroxylation is 1. The smallest absolute Gasteiger partial charge is 0.272 e. The normalized spacial score (nSPS) is 14.0. The molecule has 0 atom stereocenters. The van der Waals surface area contributed by atoms with Crippen molar-refractivity contribution in [2.45, 2.75) is 25.7 Å². The fourth-order valence-electron chi connectivity index (χ4n) is 1.93. The first-order valence-electron chi connectivity index (χ1n) is 4.54. The lowest BCUT2D eigenvalue weighted by Gasteiger charge is -2.14. The number of nitro groups is 1. The third-order valence-corrected chi connectivity index (χ3v) is 2.57. The Hall–Kier alpha value is -1.42. The number of nitrogens with zero attached hydrogens (tertiary/aromatic N) is 1. The summed E-state index contributed by atoms with van der Waals surface area (Å²) in [7, 11) is 0. The average Bonchev–Trinajstić information content (AvgIpc) is 2.17. The molecule has 0 radical (unpaired) electrons. The molecule has 76 valence electrons. The maximum Gasteiger partial charge on any atom is 0.272 e. The molecular formula is C10H13NO3. The summed E-state index contributed by atoms with van der Waals surface area (Å²) in [6.07, 6.45) is 4.11. The Kier molecular flexibility index (Phi) is 3.19. The molecule has 0 aromatic heterocycles. The lowest BCUT2D eigenvalue weighted by Crippen LogP contribution is -2.05. The van der Waals surface area contributed by atoms with E-state index in [0.717, 1.165) is 31.2 Å². The molecule has 2 rings (SSSR count). The minimum atomic E-state index is -0.274. The van der Waals surface area contributed by atoms with Gasteiger partial charge in [-0.05, 0) is 31.2 Å². The van der Waals surface area contributed by atoms with Gasteiger partial charge in [0.05, 0.1) is 4.92 Å². The van der Waals surface area contributed by atoms with Gasteiger partial charge in [-0.15, -0.1) is 0 Å². The molecule has 1 aliphatic rings. The van der Waals surface area contributed by atoms with Crippen LogP contribution in [0.25, 0.3) is 0 Å². The second kappa shape index (κ2) is 4.19. The highest BCUT2D eigenvalue weighted by Crippen LogP contribution is 2.28. The van der Waals surface area contributed by atoms with Gasteiger partial charge in [0.15, 0.2) is 0 Å². The predicted octanol–water partition coefficient (Wildman–Crippen LogP) is 1.65. The molecule has 4 nitrogen and oxygen atoms in total. The third kappa shape index (κ3) is 1.75. The first-order valence-corrected chi connectivity index (χ1v) is 4.54. The van der Waals surface area contributed by atoms with Crippen molar-refractivity contribution in [3.05, 3.63) is 39.4 Å². The zero-order chi connectivity index (χ0) is 9.26. The fraction of sp³-hybridized carbons (Fsp3) is 0.400. The van der Waals surface area contributed by atoms with E-state index in [0.29, 0.717) is 5.69 Å². The number of hydrogen-bond donors (Lipinski definition) is 0.